The number of unbranched alkanes of at least 4 members (excludes halogenated alkanes) is 1. The van der Waals surface area contributed by atoms with Crippen molar-refractivity contribution in [1.29, 1.82) is 0 Å². The van der Waals surface area contributed by atoms with Gasteiger partial charge in [-0.1, -0.05) is 44.5 Å². The monoisotopic (exact) mass is 368 g/mol. The lowest BCUT2D eigenvalue weighted by molar-refractivity contribution is 0.0496. The molecule has 2 aromatic rings. The lowest BCUT2D eigenvalue weighted by atomic mass is 9.91. The quantitative estimate of drug-likeness (QED) is 0.379. The van der Waals surface area contributed by atoms with Crippen LogP contribution in [0.4, 0.5) is 0 Å². The fourth-order valence-electron chi connectivity index (χ4n) is 3.28. The summed E-state index contributed by atoms with van der Waals surface area (Å²) in [6.45, 7) is 5.95. The number of fused-ring (bicyclic) bond motifs is 2. The van der Waals surface area contributed by atoms with Gasteiger partial charge in [0.05, 0.1) is 18.8 Å². The fraction of sp³-hybridized carbons (Fsp3) is 0.435. The van der Waals surface area contributed by atoms with E-state index in [-0.39, 0.29) is 5.97 Å². The standard InChI is InChI=1S/C23H28O4/c1-3-5-14-26-23(24)22-17(12-15-25-13-4-2)10-11-21-19(22)16-18-8-6-7-9-20(18)27-21/h6-11H,3-5,12-16H2,1-2H3. The van der Waals surface area contributed by atoms with Gasteiger partial charge in [0.25, 0.3) is 0 Å². The molecular weight excluding hydrogens is 340 g/mol. The van der Waals surface area contributed by atoms with Crippen LogP contribution in [-0.2, 0) is 22.3 Å². The lowest BCUT2D eigenvalue weighted by Crippen LogP contribution is -2.17. The molecule has 144 valence electrons. The highest BCUT2D eigenvalue weighted by Gasteiger charge is 2.26. The molecule has 0 atom stereocenters. The Kier molecular flexibility index (Phi) is 6.88. The SMILES string of the molecule is CCCCOC(=O)c1c(CCOCCC)ccc2c1Cc1ccccc1O2. The molecule has 0 spiro atoms. The van der Waals surface area contributed by atoms with Gasteiger partial charge in [0.1, 0.15) is 11.5 Å². The van der Waals surface area contributed by atoms with Crippen molar-refractivity contribution in [3.05, 3.63) is 58.7 Å². The number of rotatable bonds is 9. The molecule has 27 heavy (non-hydrogen) atoms. The second-order valence-electron chi connectivity index (χ2n) is 6.81. The van der Waals surface area contributed by atoms with Gasteiger partial charge < -0.3 is 14.2 Å². The van der Waals surface area contributed by atoms with Crippen molar-refractivity contribution in [3.63, 3.8) is 0 Å². The Morgan fingerprint density at radius 2 is 1.85 bits per heavy atom. The molecule has 0 aromatic heterocycles. The van der Waals surface area contributed by atoms with Crippen LogP contribution in [0.5, 0.6) is 11.5 Å². The van der Waals surface area contributed by atoms with Crippen LogP contribution in [0.15, 0.2) is 36.4 Å². The number of carbonyl (C=O) groups is 1. The Bertz CT molecular complexity index is 782. The van der Waals surface area contributed by atoms with Crippen LogP contribution in [0.2, 0.25) is 0 Å². The zero-order valence-corrected chi connectivity index (χ0v) is 16.3. The van der Waals surface area contributed by atoms with Crippen LogP contribution < -0.4 is 4.74 Å². The zero-order valence-electron chi connectivity index (χ0n) is 16.3. The van der Waals surface area contributed by atoms with E-state index in [9.17, 15) is 4.79 Å². The molecule has 0 saturated carbocycles. The first-order valence-electron chi connectivity index (χ1n) is 9.90. The third-order valence-corrected chi connectivity index (χ3v) is 4.72. The molecule has 1 heterocycles. The zero-order chi connectivity index (χ0) is 19.1. The maximum Gasteiger partial charge on any atom is 0.338 e. The number of hydrogen-bond donors (Lipinski definition) is 0. The molecule has 4 nitrogen and oxygen atoms in total. The van der Waals surface area contributed by atoms with Crippen molar-refractivity contribution >= 4 is 5.97 Å². The molecule has 0 fully saturated rings. The van der Waals surface area contributed by atoms with Gasteiger partial charge in [-0.3, -0.25) is 0 Å². The van der Waals surface area contributed by atoms with Gasteiger partial charge in [-0.25, -0.2) is 4.79 Å². The van der Waals surface area contributed by atoms with Gasteiger partial charge in [0, 0.05) is 18.6 Å². The first-order chi connectivity index (χ1) is 13.2. The van der Waals surface area contributed by atoms with Gasteiger partial charge in [0.15, 0.2) is 0 Å². The second-order valence-corrected chi connectivity index (χ2v) is 6.81. The number of esters is 1. The molecule has 0 unspecified atom stereocenters. The third kappa shape index (κ3) is 4.69. The molecule has 3 rings (SSSR count). The average molecular weight is 368 g/mol. The number of hydrogen-bond acceptors (Lipinski definition) is 4. The molecule has 2 aromatic carbocycles. The van der Waals surface area contributed by atoms with E-state index in [0.717, 1.165) is 54.1 Å². The van der Waals surface area contributed by atoms with E-state index in [4.69, 9.17) is 14.2 Å². The summed E-state index contributed by atoms with van der Waals surface area (Å²) in [5, 5.41) is 0. The van der Waals surface area contributed by atoms with Crippen LogP contribution in [-0.4, -0.2) is 25.8 Å². The second kappa shape index (κ2) is 9.56. The van der Waals surface area contributed by atoms with Crippen molar-refractivity contribution in [2.75, 3.05) is 19.8 Å². The summed E-state index contributed by atoms with van der Waals surface area (Å²) in [4.78, 5) is 12.9. The van der Waals surface area contributed by atoms with Gasteiger partial charge in [-0.15, -0.1) is 0 Å². The van der Waals surface area contributed by atoms with Gasteiger partial charge in [0.2, 0.25) is 0 Å². The molecule has 1 aliphatic heterocycles. The Labute approximate surface area is 161 Å². The number of benzene rings is 2. The normalized spacial score (nSPS) is 12.1. The van der Waals surface area contributed by atoms with E-state index in [1.54, 1.807) is 0 Å². The molecule has 0 saturated heterocycles. The maximum absolute atomic E-state index is 12.9. The number of para-hydroxylation sites is 1. The minimum atomic E-state index is -0.256. The van der Waals surface area contributed by atoms with Gasteiger partial charge in [-0.2, -0.15) is 0 Å². The van der Waals surface area contributed by atoms with Crippen LogP contribution >= 0.6 is 0 Å². The minimum absolute atomic E-state index is 0.256. The van der Waals surface area contributed by atoms with Crippen LogP contribution in [0.25, 0.3) is 0 Å². The molecule has 0 N–H and O–H groups in total. The van der Waals surface area contributed by atoms with E-state index in [0.29, 0.717) is 31.6 Å². The fourth-order valence-corrected chi connectivity index (χ4v) is 3.28. The predicted octanol–water partition coefficient (Wildman–Crippen LogP) is 5.31. The summed E-state index contributed by atoms with van der Waals surface area (Å²) in [7, 11) is 0. The van der Waals surface area contributed by atoms with E-state index in [1.165, 1.54) is 0 Å². The van der Waals surface area contributed by atoms with Crippen molar-refractivity contribution in [2.24, 2.45) is 0 Å². The topological polar surface area (TPSA) is 44.8 Å². The van der Waals surface area contributed by atoms with Gasteiger partial charge in [-0.05, 0) is 42.5 Å². The molecule has 1 aliphatic rings. The smallest absolute Gasteiger partial charge is 0.338 e. The highest BCUT2D eigenvalue weighted by Crippen LogP contribution is 2.39. The molecule has 0 bridgehead atoms. The molecule has 0 aliphatic carbocycles. The average Bonchev–Trinajstić information content (AvgIpc) is 2.69. The Morgan fingerprint density at radius 3 is 2.67 bits per heavy atom. The summed E-state index contributed by atoms with van der Waals surface area (Å²) in [5.74, 6) is 1.34. The Balaban J connectivity index is 1.89. The van der Waals surface area contributed by atoms with Crippen LogP contribution in [0, 0.1) is 0 Å². The molecule has 0 amide bonds. The van der Waals surface area contributed by atoms with Crippen LogP contribution in [0.1, 0.15) is 60.2 Å². The summed E-state index contributed by atoms with van der Waals surface area (Å²) in [6.07, 6.45) is 4.21. The van der Waals surface area contributed by atoms with E-state index < -0.39 is 0 Å². The molecular formula is C23H28O4. The highest BCUT2D eigenvalue weighted by molar-refractivity contribution is 5.94. The first-order valence-corrected chi connectivity index (χ1v) is 9.90. The van der Waals surface area contributed by atoms with Crippen LogP contribution in [0.3, 0.4) is 0 Å². The van der Waals surface area contributed by atoms with Crippen molar-refractivity contribution in [1.82, 2.24) is 0 Å². The lowest BCUT2D eigenvalue weighted by Gasteiger charge is -2.24. The predicted molar refractivity (Wildman–Crippen MR) is 106 cm³/mol. The minimum Gasteiger partial charge on any atom is -0.462 e. The molecule has 4 heteroatoms. The number of ether oxygens (including phenoxy) is 3. The summed E-state index contributed by atoms with van der Waals surface area (Å²) < 4.78 is 17.2. The van der Waals surface area contributed by atoms with Crippen molar-refractivity contribution in [3.8, 4) is 11.5 Å². The van der Waals surface area contributed by atoms with E-state index >= 15 is 0 Å². The van der Waals surface area contributed by atoms with Crippen molar-refractivity contribution in [2.45, 2.75) is 46.0 Å². The Hall–Kier alpha value is -2.33. The molecule has 0 radical (unpaired) electrons. The Morgan fingerprint density at radius 1 is 1.00 bits per heavy atom. The summed E-state index contributed by atoms with van der Waals surface area (Å²) in [6, 6.07) is 11.9. The number of carbonyl (C=O) groups excluding carboxylic acids is 1. The third-order valence-electron chi connectivity index (χ3n) is 4.72. The van der Waals surface area contributed by atoms with E-state index in [2.05, 4.69) is 13.8 Å². The summed E-state index contributed by atoms with van der Waals surface area (Å²) >= 11 is 0. The highest BCUT2D eigenvalue weighted by atomic mass is 16.5. The van der Waals surface area contributed by atoms with E-state index in [1.807, 2.05) is 36.4 Å². The largest absolute Gasteiger partial charge is 0.462 e. The van der Waals surface area contributed by atoms with Crippen molar-refractivity contribution < 1.29 is 19.0 Å². The maximum atomic E-state index is 12.9. The first kappa shape index (κ1) is 19.4. The summed E-state index contributed by atoms with van der Waals surface area (Å²) in [5.41, 5.74) is 3.63. The van der Waals surface area contributed by atoms with Gasteiger partial charge >= 0.3 is 5.97 Å².